The molecule has 43 heavy (non-hydrogen) atoms. The standard InChI is InChI=1S/C33H35N6O3P/c1-42-30(40)19-26(23-7-3-2-4-8-23)33(41)38-17-5-9-28(38)31-34-20-25(36-31)16-13-22-11-14-24(15-12-22)27-21-35-32(37-27)29-10-6-18-39(29)43/h2-4,7-8,11-12,14-15,20-21,26,28-29H,5-6,9-10,17-19,43H2,1H3,(H,34,36)(H,35,37)/t26-,28+,29+/m1/s1. The number of hydrogen-bond acceptors (Lipinski definition) is 6. The van der Waals surface area contributed by atoms with Crippen LogP contribution in [0.25, 0.3) is 11.3 Å². The third-order valence-electron chi connectivity index (χ3n) is 8.29. The van der Waals surface area contributed by atoms with Crippen LogP contribution in [-0.2, 0) is 14.3 Å². The molecule has 2 aromatic heterocycles. The summed E-state index contributed by atoms with van der Waals surface area (Å²) in [6.45, 7) is 1.68. The van der Waals surface area contributed by atoms with Crippen LogP contribution >= 0.6 is 9.39 Å². The number of H-pyrrole nitrogens is 2. The van der Waals surface area contributed by atoms with E-state index in [2.05, 4.69) is 45.8 Å². The molecule has 2 aliphatic heterocycles. The van der Waals surface area contributed by atoms with Crippen LogP contribution in [0.2, 0.25) is 0 Å². The van der Waals surface area contributed by atoms with Gasteiger partial charge >= 0.3 is 5.97 Å². The molecule has 9 nitrogen and oxygen atoms in total. The molecule has 2 aliphatic rings. The number of ether oxygens (including phenoxy) is 1. The first-order chi connectivity index (χ1) is 21.0. The van der Waals surface area contributed by atoms with E-state index in [1.807, 2.05) is 65.7 Å². The first-order valence-corrected chi connectivity index (χ1v) is 15.2. The van der Waals surface area contributed by atoms with Crippen LogP contribution in [0.1, 0.15) is 78.6 Å². The number of hydrogen-bond donors (Lipinski definition) is 2. The Morgan fingerprint density at radius 2 is 1.67 bits per heavy atom. The highest BCUT2D eigenvalue weighted by molar-refractivity contribution is 7.13. The van der Waals surface area contributed by atoms with Crippen molar-refractivity contribution in [2.24, 2.45) is 0 Å². The molecule has 0 radical (unpaired) electrons. The molecule has 4 atom stereocenters. The number of likely N-dealkylation sites (tertiary alicyclic amines) is 1. The van der Waals surface area contributed by atoms with Crippen LogP contribution in [0.15, 0.2) is 67.0 Å². The number of nitrogens with one attached hydrogen (secondary N) is 2. The Kier molecular flexibility index (Phi) is 8.69. The molecule has 2 fully saturated rings. The van der Waals surface area contributed by atoms with Crippen LogP contribution in [-0.4, -0.2) is 61.6 Å². The smallest absolute Gasteiger partial charge is 0.306 e. The highest BCUT2D eigenvalue weighted by atomic mass is 31.0. The Labute approximate surface area is 253 Å². The van der Waals surface area contributed by atoms with E-state index < -0.39 is 11.9 Å². The highest BCUT2D eigenvalue weighted by Gasteiger charge is 2.37. The summed E-state index contributed by atoms with van der Waals surface area (Å²) in [5.41, 5.74) is 4.43. The van der Waals surface area contributed by atoms with Gasteiger partial charge in [-0.05, 0) is 54.9 Å². The number of esters is 1. The molecule has 0 bridgehead atoms. The number of carbonyl (C=O) groups is 2. The third kappa shape index (κ3) is 6.41. The number of methoxy groups -OCH3 is 1. The van der Waals surface area contributed by atoms with Crippen molar-refractivity contribution in [3.05, 3.63) is 95.5 Å². The second kappa shape index (κ2) is 12.9. The zero-order chi connectivity index (χ0) is 29.8. The number of benzene rings is 2. The Morgan fingerprint density at radius 1 is 0.953 bits per heavy atom. The van der Waals surface area contributed by atoms with Crippen LogP contribution in [0.4, 0.5) is 0 Å². The van der Waals surface area contributed by atoms with Gasteiger partial charge in [-0.3, -0.25) is 14.3 Å². The van der Waals surface area contributed by atoms with Crippen molar-refractivity contribution in [2.75, 3.05) is 20.2 Å². The molecule has 1 amide bonds. The molecule has 2 saturated heterocycles. The molecule has 2 N–H and O–H groups in total. The SMILES string of the molecule is COC(=O)C[C@@H](C(=O)N1CCC[C@H]1c1ncc(C#Cc2ccc(-c3cnc([C@@H]4CCCN4P)[nH]3)cc2)[nH]1)c1ccccc1. The van der Waals surface area contributed by atoms with Gasteiger partial charge in [0.05, 0.1) is 49.6 Å². The summed E-state index contributed by atoms with van der Waals surface area (Å²) in [5.74, 6) is 6.98. The van der Waals surface area contributed by atoms with Gasteiger partial charge < -0.3 is 19.6 Å². The molecule has 0 aliphatic carbocycles. The van der Waals surface area contributed by atoms with Crippen molar-refractivity contribution in [1.29, 1.82) is 0 Å². The molecular formula is C33H35N6O3P. The van der Waals surface area contributed by atoms with Gasteiger partial charge in [-0.25, -0.2) is 9.97 Å². The highest BCUT2D eigenvalue weighted by Crippen LogP contribution is 2.35. The summed E-state index contributed by atoms with van der Waals surface area (Å²) in [6.07, 6.45) is 7.54. The molecule has 0 saturated carbocycles. The van der Waals surface area contributed by atoms with Gasteiger partial charge in [0.15, 0.2) is 0 Å². The van der Waals surface area contributed by atoms with E-state index in [4.69, 9.17) is 4.74 Å². The Morgan fingerprint density at radius 3 is 2.42 bits per heavy atom. The molecule has 220 valence electrons. The fourth-order valence-corrected chi connectivity index (χ4v) is 6.45. The predicted octanol–water partition coefficient (Wildman–Crippen LogP) is 5.14. The summed E-state index contributed by atoms with van der Waals surface area (Å²) >= 11 is 0. The molecular weight excluding hydrogens is 559 g/mol. The summed E-state index contributed by atoms with van der Waals surface area (Å²) in [7, 11) is 4.15. The third-order valence-corrected chi connectivity index (χ3v) is 8.91. The maximum absolute atomic E-state index is 13.8. The molecule has 10 heteroatoms. The molecule has 2 aromatic carbocycles. The minimum Gasteiger partial charge on any atom is -0.469 e. The fraction of sp³-hybridized carbons (Fsp3) is 0.333. The number of aromatic amines is 2. The number of aromatic nitrogens is 4. The molecule has 6 rings (SSSR count). The fourth-order valence-electron chi connectivity index (χ4n) is 5.98. The van der Waals surface area contributed by atoms with E-state index in [0.29, 0.717) is 24.1 Å². The van der Waals surface area contributed by atoms with Gasteiger partial charge in [-0.1, -0.05) is 57.8 Å². The van der Waals surface area contributed by atoms with Crippen LogP contribution in [0.3, 0.4) is 0 Å². The van der Waals surface area contributed by atoms with Crippen molar-refractivity contribution in [3.63, 3.8) is 0 Å². The van der Waals surface area contributed by atoms with Gasteiger partial charge in [0.1, 0.15) is 17.3 Å². The first-order valence-electron chi connectivity index (χ1n) is 14.7. The maximum Gasteiger partial charge on any atom is 0.306 e. The number of imidazole rings is 2. The minimum atomic E-state index is -0.608. The van der Waals surface area contributed by atoms with Crippen molar-refractivity contribution >= 4 is 21.3 Å². The summed E-state index contributed by atoms with van der Waals surface area (Å²) in [4.78, 5) is 43.8. The lowest BCUT2D eigenvalue weighted by Crippen LogP contribution is -2.36. The molecule has 0 spiro atoms. The van der Waals surface area contributed by atoms with Gasteiger partial charge in [0.2, 0.25) is 5.91 Å². The van der Waals surface area contributed by atoms with E-state index in [-0.39, 0.29) is 18.4 Å². The van der Waals surface area contributed by atoms with E-state index in [0.717, 1.165) is 54.0 Å². The lowest BCUT2D eigenvalue weighted by atomic mass is 9.94. The van der Waals surface area contributed by atoms with Crippen molar-refractivity contribution < 1.29 is 14.3 Å². The van der Waals surface area contributed by atoms with Crippen LogP contribution < -0.4 is 0 Å². The zero-order valence-electron chi connectivity index (χ0n) is 24.1. The summed E-state index contributed by atoms with van der Waals surface area (Å²) < 4.78 is 7.16. The number of nitrogens with zero attached hydrogens (tertiary/aromatic N) is 4. The second-order valence-corrected chi connectivity index (χ2v) is 11.7. The Bertz CT molecular complexity index is 1640. The number of rotatable bonds is 7. The van der Waals surface area contributed by atoms with Crippen LogP contribution in [0, 0.1) is 11.8 Å². The van der Waals surface area contributed by atoms with E-state index in [1.165, 1.54) is 13.5 Å². The average molecular weight is 595 g/mol. The number of carbonyl (C=O) groups excluding carboxylic acids is 2. The van der Waals surface area contributed by atoms with E-state index in [1.54, 1.807) is 6.20 Å². The van der Waals surface area contributed by atoms with Crippen LogP contribution in [0.5, 0.6) is 0 Å². The first kappa shape index (κ1) is 28.9. The second-order valence-electron chi connectivity index (χ2n) is 11.0. The zero-order valence-corrected chi connectivity index (χ0v) is 25.3. The van der Waals surface area contributed by atoms with Gasteiger partial charge in [-0.15, -0.1) is 0 Å². The number of amides is 1. The minimum absolute atomic E-state index is 0.00517. The topological polar surface area (TPSA) is 107 Å². The van der Waals surface area contributed by atoms with Crippen molar-refractivity contribution in [1.82, 2.24) is 29.5 Å². The van der Waals surface area contributed by atoms with Gasteiger partial charge in [-0.2, -0.15) is 0 Å². The summed E-state index contributed by atoms with van der Waals surface area (Å²) in [5, 5.41) is 0. The van der Waals surface area contributed by atoms with E-state index in [9.17, 15) is 9.59 Å². The lowest BCUT2D eigenvalue weighted by molar-refractivity contribution is -0.145. The van der Waals surface area contributed by atoms with E-state index >= 15 is 0 Å². The quantitative estimate of drug-likeness (QED) is 0.174. The summed E-state index contributed by atoms with van der Waals surface area (Å²) in [6, 6.07) is 17.6. The van der Waals surface area contributed by atoms with Gasteiger partial charge in [0, 0.05) is 18.7 Å². The molecule has 4 heterocycles. The Balaban J connectivity index is 1.14. The van der Waals surface area contributed by atoms with Crippen molar-refractivity contribution in [2.45, 2.75) is 50.1 Å². The lowest BCUT2D eigenvalue weighted by Gasteiger charge is -2.28. The van der Waals surface area contributed by atoms with Crippen molar-refractivity contribution in [3.8, 4) is 23.1 Å². The molecule has 1 unspecified atom stereocenters. The van der Waals surface area contributed by atoms with Gasteiger partial charge in [0.25, 0.3) is 0 Å². The predicted molar refractivity (Wildman–Crippen MR) is 166 cm³/mol. The monoisotopic (exact) mass is 594 g/mol. The normalized spacial score (nSPS) is 19.2. The largest absolute Gasteiger partial charge is 0.469 e. The Hall–Kier alpha value is -4.25. The average Bonchev–Trinajstić information content (AvgIpc) is 3.86. The molecule has 4 aromatic rings. The maximum atomic E-state index is 13.8.